The van der Waals surface area contributed by atoms with Crippen LogP contribution in [0.4, 0.5) is 26.0 Å². The highest BCUT2D eigenvalue weighted by Crippen LogP contribution is 2.34. The molecule has 3 aromatic rings. The third-order valence-electron chi connectivity index (χ3n) is 3.85. The molecule has 0 bridgehead atoms. The molecule has 0 atom stereocenters. The molecule has 8 heteroatoms. The maximum atomic E-state index is 13.6. The van der Waals surface area contributed by atoms with E-state index in [0.29, 0.717) is 23.4 Å². The van der Waals surface area contributed by atoms with Gasteiger partial charge < -0.3 is 20.1 Å². The number of amides is 1. The van der Waals surface area contributed by atoms with E-state index in [-0.39, 0.29) is 18.0 Å². The number of anilines is 3. The zero-order valence-corrected chi connectivity index (χ0v) is 13.8. The zero-order chi connectivity index (χ0) is 18.8. The zero-order valence-electron chi connectivity index (χ0n) is 13.8. The number of pyridine rings is 1. The quantitative estimate of drug-likeness (QED) is 0.725. The number of fused-ring (bicyclic) bond motifs is 1. The number of carbonyl (C=O) groups excluding carboxylic acids is 1. The summed E-state index contributed by atoms with van der Waals surface area (Å²) in [6.07, 6.45) is 1.35. The molecule has 136 valence electrons. The highest BCUT2D eigenvalue weighted by atomic mass is 19.1. The van der Waals surface area contributed by atoms with Crippen molar-refractivity contribution in [3.63, 3.8) is 0 Å². The van der Waals surface area contributed by atoms with Crippen LogP contribution in [0.3, 0.4) is 0 Å². The molecule has 6 nitrogen and oxygen atoms in total. The monoisotopic (exact) mass is 369 g/mol. The number of ether oxygens (including phenoxy) is 2. The molecule has 0 radical (unpaired) electrons. The predicted molar refractivity (Wildman–Crippen MR) is 94.4 cm³/mol. The molecule has 0 spiro atoms. The van der Waals surface area contributed by atoms with Crippen LogP contribution in [0, 0.1) is 11.6 Å². The lowest BCUT2D eigenvalue weighted by atomic mass is 10.2. The first kappa shape index (κ1) is 16.8. The van der Waals surface area contributed by atoms with E-state index >= 15 is 0 Å². The second-order valence-electron chi connectivity index (χ2n) is 5.70. The molecule has 1 amide bonds. The fourth-order valence-electron chi connectivity index (χ4n) is 2.51. The van der Waals surface area contributed by atoms with E-state index in [2.05, 4.69) is 15.6 Å². The predicted octanol–water partition coefficient (Wildman–Crippen LogP) is 4.08. The summed E-state index contributed by atoms with van der Waals surface area (Å²) in [5, 5.41) is 5.46. The lowest BCUT2D eigenvalue weighted by molar-refractivity contribution is 0.102. The van der Waals surface area contributed by atoms with Gasteiger partial charge in [-0.05, 0) is 36.4 Å². The van der Waals surface area contributed by atoms with E-state index < -0.39 is 17.5 Å². The number of benzene rings is 2. The number of nitrogens with one attached hydrogen (secondary N) is 2. The standard InChI is InChI=1S/C19H13F2N3O3/c20-12-2-4-15(14(21)7-12)24-19(25)11-1-6-18(22-9-11)23-13-3-5-16-17(8-13)27-10-26-16/h1-9H,10H2,(H,22,23)(H,24,25). The first-order chi connectivity index (χ1) is 13.1. The van der Waals surface area contributed by atoms with Crippen LogP contribution in [-0.2, 0) is 0 Å². The van der Waals surface area contributed by atoms with Gasteiger partial charge in [-0.25, -0.2) is 13.8 Å². The van der Waals surface area contributed by atoms with Gasteiger partial charge in [0.05, 0.1) is 11.3 Å². The third-order valence-corrected chi connectivity index (χ3v) is 3.85. The molecular formula is C19H13F2N3O3. The van der Waals surface area contributed by atoms with E-state index in [1.54, 1.807) is 24.3 Å². The number of carbonyl (C=O) groups is 1. The molecule has 1 aliphatic heterocycles. The Bertz CT molecular complexity index is 1010. The van der Waals surface area contributed by atoms with Crippen LogP contribution in [0.5, 0.6) is 11.5 Å². The molecule has 0 aliphatic carbocycles. The number of nitrogens with zero attached hydrogens (tertiary/aromatic N) is 1. The van der Waals surface area contributed by atoms with Crippen molar-refractivity contribution in [3.05, 3.63) is 71.9 Å². The van der Waals surface area contributed by atoms with E-state index in [4.69, 9.17) is 9.47 Å². The van der Waals surface area contributed by atoms with E-state index in [1.807, 2.05) is 6.07 Å². The third kappa shape index (κ3) is 3.64. The van der Waals surface area contributed by atoms with Crippen LogP contribution in [0.1, 0.15) is 10.4 Å². The van der Waals surface area contributed by atoms with Crippen molar-refractivity contribution in [1.82, 2.24) is 4.98 Å². The fourth-order valence-corrected chi connectivity index (χ4v) is 2.51. The van der Waals surface area contributed by atoms with E-state index in [9.17, 15) is 13.6 Å². The topological polar surface area (TPSA) is 72.5 Å². The highest BCUT2D eigenvalue weighted by molar-refractivity contribution is 6.04. The van der Waals surface area contributed by atoms with Crippen molar-refractivity contribution in [1.29, 1.82) is 0 Å². The number of hydrogen-bond donors (Lipinski definition) is 2. The van der Waals surface area contributed by atoms with Gasteiger partial charge >= 0.3 is 0 Å². The van der Waals surface area contributed by atoms with Gasteiger partial charge in [-0.15, -0.1) is 0 Å². The summed E-state index contributed by atoms with van der Waals surface area (Å²) in [6, 6.07) is 11.4. The van der Waals surface area contributed by atoms with Gasteiger partial charge in [0, 0.05) is 24.0 Å². The summed E-state index contributed by atoms with van der Waals surface area (Å²) >= 11 is 0. The van der Waals surface area contributed by atoms with Gasteiger partial charge in [0.1, 0.15) is 17.5 Å². The Hall–Kier alpha value is -3.68. The smallest absolute Gasteiger partial charge is 0.257 e. The molecule has 1 aliphatic rings. The second-order valence-corrected chi connectivity index (χ2v) is 5.70. The van der Waals surface area contributed by atoms with Gasteiger partial charge in [0.25, 0.3) is 5.91 Å². The van der Waals surface area contributed by atoms with E-state index in [0.717, 1.165) is 17.8 Å². The summed E-state index contributed by atoms with van der Waals surface area (Å²) in [5.41, 5.74) is 0.872. The lowest BCUT2D eigenvalue weighted by Crippen LogP contribution is -2.13. The summed E-state index contributed by atoms with van der Waals surface area (Å²) in [5.74, 6) is -0.296. The van der Waals surface area contributed by atoms with Crippen LogP contribution in [0.15, 0.2) is 54.7 Å². The Balaban J connectivity index is 1.44. The summed E-state index contributed by atoms with van der Waals surface area (Å²) in [6.45, 7) is 0.190. The molecule has 2 aromatic carbocycles. The van der Waals surface area contributed by atoms with Gasteiger partial charge in [-0.1, -0.05) is 0 Å². The van der Waals surface area contributed by atoms with Crippen molar-refractivity contribution in [3.8, 4) is 11.5 Å². The summed E-state index contributed by atoms with van der Waals surface area (Å²) in [4.78, 5) is 16.4. The molecular weight excluding hydrogens is 356 g/mol. The van der Waals surface area contributed by atoms with Crippen LogP contribution in [0.2, 0.25) is 0 Å². The first-order valence-electron chi connectivity index (χ1n) is 7.97. The maximum absolute atomic E-state index is 13.6. The molecule has 1 aromatic heterocycles. The van der Waals surface area contributed by atoms with Gasteiger partial charge in [-0.2, -0.15) is 0 Å². The average molecular weight is 369 g/mol. The van der Waals surface area contributed by atoms with Crippen molar-refractivity contribution in [2.45, 2.75) is 0 Å². The normalized spacial score (nSPS) is 11.9. The van der Waals surface area contributed by atoms with Crippen molar-refractivity contribution in [2.24, 2.45) is 0 Å². The van der Waals surface area contributed by atoms with Crippen molar-refractivity contribution >= 4 is 23.1 Å². The molecule has 0 fully saturated rings. The van der Waals surface area contributed by atoms with Crippen LogP contribution < -0.4 is 20.1 Å². The second kappa shape index (κ2) is 6.91. The largest absolute Gasteiger partial charge is 0.454 e. The number of rotatable bonds is 4. The van der Waals surface area contributed by atoms with E-state index in [1.165, 1.54) is 6.20 Å². The van der Waals surface area contributed by atoms with Crippen LogP contribution in [0.25, 0.3) is 0 Å². The average Bonchev–Trinajstić information content (AvgIpc) is 3.12. The molecule has 2 heterocycles. The number of hydrogen-bond acceptors (Lipinski definition) is 5. The minimum absolute atomic E-state index is 0.107. The highest BCUT2D eigenvalue weighted by Gasteiger charge is 2.14. The van der Waals surface area contributed by atoms with Crippen molar-refractivity contribution in [2.75, 3.05) is 17.4 Å². The first-order valence-corrected chi connectivity index (χ1v) is 7.97. The Morgan fingerprint density at radius 3 is 2.63 bits per heavy atom. The molecule has 2 N–H and O–H groups in total. The molecule has 0 unspecified atom stereocenters. The van der Waals surface area contributed by atoms with Gasteiger partial charge in [-0.3, -0.25) is 4.79 Å². The lowest BCUT2D eigenvalue weighted by Gasteiger charge is -2.08. The fraction of sp³-hybridized carbons (Fsp3) is 0.0526. The SMILES string of the molecule is O=C(Nc1ccc(F)cc1F)c1ccc(Nc2ccc3c(c2)OCO3)nc1. The summed E-state index contributed by atoms with van der Waals surface area (Å²) in [7, 11) is 0. The Morgan fingerprint density at radius 2 is 1.85 bits per heavy atom. The van der Waals surface area contributed by atoms with Gasteiger partial charge in [0.15, 0.2) is 11.5 Å². The van der Waals surface area contributed by atoms with Crippen LogP contribution >= 0.6 is 0 Å². The Labute approximate surface area is 152 Å². The maximum Gasteiger partial charge on any atom is 0.257 e. The molecule has 27 heavy (non-hydrogen) atoms. The molecule has 0 saturated heterocycles. The molecule has 0 saturated carbocycles. The van der Waals surface area contributed by atoms with Crippen molar-refractivity contribution < 1.29 is 23.0 Å². The molecule has 4 rings (SSSR count). The van der Waals surface area contributed by atoms with Crippen LogP contribution in [-0.4, -0.2) is 17.7 Å². The summed E-state index contributed by atoms with van der Waals surface area (Å²) < 4.78 is 37.1. The number of halogens is 2. The minimum Gasteiger partial charge on any atom is -0.454 e. The Kier molecular flexibility index (Phi) is 4.29. The minimum atomic E-state index is -0.850. The Morgan fingerprint density at radius 1 is 1.00 bits per heavy atom. The number of aromatic nitrogens is 1. The van der Waals surface area contributed by atoms with Gasteiger partial charge in [0.2, 0.25) is 6.79 Å².